The van der Waals surface area contributed by atoms with Crippen LogP contribution < -0.4 is 4.72 Å². The Morgan fingerprint density at radius 3 is 2.38 bits per heavy atom. The first-order chi connectivity index (χ1) is 9.60. The second kappa shape index (κ2) is 6.50. The summed E-state index contributed by atoms with van der Waals surface area (Å²) >= 11 is 0. The van der Waals surface area contributed by atoms with Crippen LogP contribution in [-0.2, 0) is 10.0 Å². The van der Waals surface area contributed by atoms with Crippen molar-refractivity contribution in [3.63, 3.8) is 0 Å². The van der Waals surface area contributed by atoms with Crippen LogP contribution in [0.25, 0.3) is 0 Å². The molecule has 21 heavy (non-hydrogen) atoms. The Morgan fingerprint density at radius 2 is 1.95 bits per heavy atom. The van der Waals surface area contributed by atoms with Gasteiger partial charge in [-0.15, -0.1) is 0 Å². The molecule has 0 radical (unpaired) electrons. The Kier molecular flexibility index (Phi) is 5.43. The number of rotatable bonds is 6. The van der Waals surface area contributed by atoms with Crippen molar-refractivity contribution in [3.8, 4) is 0 Å². The number of hydrogen-bond acceptors (Lipinski definition) is 4. The number of sulfonamides is 1. The second-order valence-electron chi connectivity index (χ2n) is 5.06. The first-order valence-corrected chi connectivity index (χ1v) is 7.75. The van der Waals surface area contributed by atoms with Crippen molar-refractivity contribution in [1.29, 1.82) is 0 Å². The molecule has 1 atom stereocenters. The molecule has 0 saturated carbocycles. The number of halogens is 1. The number of carboxylic acid groups (broad SMARTS) is 1. The number of carboxylic acids is 1. The van der Waals surface area contributed by atoms with Crippen LogP contribution in [0, 0.1) is 18.7 Å². The third-order valence-electron chi connectivity index (χ3n) is 3.08. The van der Waals surface area contributed by atoms with Gasteiger partial charge in [-0.1, -0.05) is 13.8 Å². The lowest BCUT2D eigenvalue weighted by atomic mass is 10.1. The highest BCUT2D eigenvalue weighted by Crippen LogP contribution is 2.20. The smallest absolute Gasteiger partial charge is 0.338 e. The molecule has 0 amide bonds. The minimum atomic E-state index is -4.05. The molecular formula is C13H18FNO5S. The van der Waals surface area contributed by atoms with Crippen LogP contribution >= 0.6 is 0 Å². The molecule has 1 aromatic carbocycles. The third-order valence-corrected chi connectivity index (χ3v) is 4.55. The number of aromatic carboxylic acids is 1. The van der Waals surface area contributed by atoms with Gasteiger partial charge in [0, 0.05) is 6.04 Å². The summed E-state index contributed by atoms with van der Waals surface area (Å²) in [4.78, 5) is 10.6. The van der Waals surface area contributed by atoms with E-state index in [1.807, 2.05) is 0 Å². The standard InChI is InChI=1S/C13H18FNO5S/c1-7(2)11(6-16)15-21(19,20)9-4-8(3)12(14)10(5-9)13(17)18/h4-5,7,11,15-16H,6H2,1-3H3,(H,17,18)/t11-/m1/s1. The Labute approximate surface area is 122 Å². The monoisotopic (exact) mass is 319 g/mol. The molecular weight excluding hydrogens is 301 g/mol. The molecule has 6 nitrogen and oxygen atoms in total. The highest BCUT2D eigenvalue weighted by Gasteiger charge is 2.25. The topological polar surface area (TPSA) is 104 Å². The maximum atomic E-state index is 13.6. The van der Waals surface area contributed by atoms with E-state index >= 15 is 0 Å². The molecule has 0 aliphatic heterocycles. The van der Waals surface area contributed by atoms with Gasteiger partial charge in [0.2, 0.25) is 10.0 Å². The summed E-state index contributed by atoms with van der Waals surface area (Å²) < 4.78 is 40.3. The Balaban J connectivity index is 3.29. The van der Waals surface area contributed by atoms with E-state index in [9.17, 15) is 17.6 Å². The van der Waals surface area contributed by atoms with Gasteiger partial charge < -0.3 is 10.2 Å². The van der Waals surface area contributed by atoms with E-state index in [1.165, 1.54) is 6.92 Å². The zero-order valence-corrected chi connectivity index (χ0v) is 12.7. The lowest BCUT2D eigenvalue weighted by molar-refractivity contribution is 0.0691. The van der Waals surface area contributed by atoms with Gasteiger partial charge in [-0.05, 0) is 30.5 Å². The normalized spacial score (nSPS) is 13.4. The van der Waals surface area contributed by atoms with Crippen LogP contribution in [-0.4, -0.2) is 37.2 Å². The van der Waals surface area contributed by atoms with Gasteiger partial charge in [0.25, 0.3) is 0 Å². The number of aliphatic hydroxyl groups excluding tert-OH is 1. The van der Waals surface area contributed by atoms with Gasteiger partial charge in [-0.3, -0.25) is 0 Å². The maximum Gasteiger partial charge on any atom is 0.338 e. The van der Waals surface area contributed by atoms with E-state index in [0.29, 0.717) is 0 Å². The van der Waals surface area contributed by atoms with Gasteiger partial charge in [-0.2, -0.15) is 0 Å². The average Bonchev–Trinajstić information content (AvgIpc) is 2.38. The first kappa shape index (κ1) is 17.5. The summed E-state index contributed by atoms with van der Waals surface area (Å²) in [7, 11) is -4.05. The molecule has 1 aromatic rings. The lowest BCUT2D eigenvalue weighted by Crippen LogP contribution is -2.41. The highest BCUT2D eigenvalue weighted by atomic mass is 32.2. The molecule has 0 aromatic heterocycles. The third kappa shape index (κ3) is 3.99. The molecule has 1 rings (SSSR count). The van der Waals surface area contributed by atoms with Crippen molar-refractivity contribution in [2.24, 2.45) is 5.92 Å². The second-order valence-corrected chi connectivity index (χ2v) is 6.78. The van der Waals surface area contributed by atoms with Gasteiger partial charge in [0.15, 0.2) is 0 Å². The maximum absolute atomic E-state index is 13.6. The molecule has 0 fully saturated rings. The van der Waals surface area contributed by atoms with Crippen LogP contribution in [0.1, 0.15) is 29.8 Å². The molecule has 0 unspecified atom stereocenters. The van der Waals surface area contributed by atoms with Gasteiger partial charge >= 0.3 is 5.97 Å². The van der Waals surface area contributed by atoms with Crippen molar-refractivity contribution < 1.29 is 27.8 Å². The minimum Gasteiger partial charge on any atom is -0.478 e. The van der Waals surface area contributed by atoms with Crippen molar-refractivity contribution in [2.45, 2.75) is 31.7 Å². The van der Waals surface area contributed by atoms with Crippen molar-refractivity contribution >= 4 is 16.0 Å². The summed E-state index contributed by atoms with van der Waals surface area (Å²) in [6.07, 6.45) is 0. The predicted octanol–water partition coefficient (Wildman–Crippen LogP) is 1.13. The summed E-state index contributed by atoms with van der Waals surface area (Å²) in [6.45, 7) is 4.33. The van der Waals surface area contributed by atoms with E-state index in [1.54, 1.807) is 13.8 Å². The van der Waals surface area contributed by atoms with Crippen LogP contribution in [0.5, 0.6) is 0 Å². The largest absolute Gasteiger partial charge is 0.478 e. The molecule has 0 bridgehead atoms. The Hall–Kier alpha value is -1.51. The fraction of sp³-hybridized carbons (Fsp3) is 0.462. The van der Waals surface area contributed by atoms with E-state index in [0.717, 1.165) is 12.1 Å². The SMILES string of the molecule is Cc1cc(S(=O)(=O)N[C@H](CO)C(C)C)cc(C(=O)O)c1F. The van der Waals surface area contributed by atoms with Gasteiger partial charge in [0.05, 0.1) is 17.1 Å². The molecule has 8 heteroatoms. The van der Waals surface area contributed by atoms with Crippen LogP contribution in [0.4, 0.5) is 4.39 Å². The van der Waals surface area contributed by atoms with Crippen molar-refractivity contribution in [2.75, 3.05) is 6.61 Å². The predicted molar refractivity (Wildman–Crippen MR) is 74.1 cm³/mol. The number of nitrogens with one attached hydrogen (secondary N) is 1. The molecule has 0 aliphatic carbocycles. The fourth-order valence-electron chi connectivity index (χ4n) is 1.70. The molecule has 0 aliphatic rings. The minimum absolute atomic E-state index is 0.0830. The highest BCUT2D eigenvalue weighted by molar-refractivity contribution is 7.89. The zero-order chi connectivity index (χ0) is 16.4. The average molecular weight is 319 g/mol. The number of aliphatic hydroxyl groups is 1. The summed E-state index contributed by atoms with van der Waals surface area (Å²) in [5, 5.41) is 18.1. The number of benzene rings is 1. The molecule has 0 saturated heterocycles. The fourth-order valence-corrected chi connectivity index (χ4v) is 3.19. The van der Waals surface area contributed by atoms with Crippen LogP contribution in [0.2, 0.25) is 0 Å². The quantitative estimate of drug-likeness (QED) is 0.729. The summed E-state index contributed by atoms with van der Waals surface area (Å²) in [5.74, 6) is -2.68. The zero-order valence-electron chi connectivity index (χ0n) is 11.9. The van der Waals surface area contributed by atoms with E-state index in [-0.39, 0.29) is 16.4 Å². The van der Waals surface area contributed by atoms with Crippen LogP contribution in [0.3, 0.4) is 0 Å². The van der Waals surface area contributed by atoms with Crippen molar-refractivity contribution in [1.82, 2.24) is 4.72 Å². The number of aryl methyl sites for hydroxylation is 1. The molecule has 0 spiro atoms. The van der Waals surface area contributed by atoms with Gasteiger partial charge in [-0.25, -0.2) is 22.3 Å². The Morgan fingerprint density at radius 1 is 1.38 bits per heavy atom. The number of carbonyl (C=O) groups is 1. The Bertz CT molecular complexity index is 642. The molecule has 3 N–H and O–H groups in total. The van der Waals surface area contributed by atoms with E-state index in [4.69, 9.17) is 10.2 Å². The van der Waals surface area contributed by atoms with Crippen molar-refractivity contribution in [3.05, 3.63) is 29.1 Å². The lowest BCUT2D eigenvalue weighted by Gasteiger charge is -2.20. The van der Waals surface area contributed by atoms with Crippen LogP contribution in [0.15, 0.2) is 17.0 Å². The van der Waals surface area contributed by atoms with Gasteiger partial charge in [0.1, 0.15) is 5.82 Å². The van der Waals surface area contributed by atoms with E-state index < -0.39 is 40.0 Å². The summed E-state index contributed by atoms with van der Waals surface area (Å²) in [5.41, 5.74) is -0.791. The first-order valence-electron chi connectivity index (χ1n) is 6.26. The van der Waals surface area contributed by atoms with E-state index in [2.05, 4.69) is 4.72 Å². The molecule has 0 heterocycles. The molecule has 118 valence electrons. The summed E-state index contributed by atoms with van der Waals surface area (Å²) in [6, 6.07) is 1.11. The number of hydrogen-bond donors (Lipinski definition) is 3.